The predicted molar refractivity (Wildman–Crippen MR) is 73.8 cm³/mol. The number of aliphatic imine (C=N–C) groups is 1. The van der Waals surface area contributed by atoms with Crippen LogP contribution in [0.2, 0.25) is 5.02 Å². The molecule has 86 valence electrons. The van der Waals surface area contributed by atoms with Gasteiger partial charge in [-0.1, -0.05) is 54.1 Å². The molecule has 0 bridgehead atoms. The van der Waals surface area contributed by atoms with Gasteiger partial charge in [0, 0.05) is 10.7 Å². The summed E-state index contributed by atoms with van der Waals surface area (Å²) >= 11 is 5.95. The normalized spacial score (nSPS) is 11.5. The molecule has 2 aromatic rings. The maximum Gasteiger partial charge on any atom is 0.0643 e. The van der Waals surface area contributed by atoms with Gasteiger partial charge in [0.2, 0.25) is 0 Å². The zero-order valence-electron chi connectivity index (χ0n) is 9.73. The molecule has 1 nitrogen and oxygen atoms in total. The molecule has 2 aromatic carbocycles. The van der Waals surface area contributed by atoms with E-state index in [-0.39, 0.29) is 0 Å². The van der Waals surface area contributed by atoms with E-state index < -0.39 is 0 Å². The van der Waals surface area contributed by atoms with Crippen molar-refractivity contribution in [2.45, 2.75) is 13.5 Å². The lowest BCUT2D eigenvalue weighted by Gasteiger charge is -2.02. The third-order valence-electron chi connectivity index (χ3n) is 2.58. The Balaban J connectivity index is 2.12. The second-order valence-corrected chi connectivity index (χ2v) is 4.33. The van der Waals surface area contributed by atoms with Crippen LogP contribution in [-0.4, -0.2) is 5.71 Å². The van der Waals surface area contributed by atoms with Crippen molar-refractivity contribution in [1.29, 1.82) is 0 Å². The lowest BCUT2D eigenvalue weighted by molar-refractivity contribution is 1.06. The fourth-order valence-corrected chi connectivity index (χ4v) is 1.79. The summed E-state index contributed by atoms with van der Waals surface area (Å²) in [6.07, 6.45) is 0. The van der Waals surface area contributed by atoms with Gasteiger partial charge in [-0.2, -0.15) is 0 Å². The van der Waals surface area contributed by atoms with Crippen LogP contribution < -0.4 is 0 Å². The molecule has 2 heteroatoms. The molecule has 0 aromatic heterocycles. The maximum atomic E-state index is 5.95. The van der Waals surface area contributed by atoms with Gasteiger partial charge in [-0.25, -0.2) is 0 Å². The Kier molecular flexibility index (Phi) is 3.94. The molecular weight excluding hydrogens is 230 g/mol. The largest absolute Gasteiger partial charge is 0.285 e. The first-order valence-electron chi connectivity index (χ1n) is 5.56. The highest BCUT2D eigenvalue weighted by Gasteiger charge is 1.97. The number of halogens is 1. The molecule has 0 heterocycles. The third-order valence-corrected chi connectivity index (χ3v) is 2.82. The molecule has 0 aliphatic heterocycles. The van der Waals surface area contributed by atoms with Crippen LogP contribution in [0.25, 0.3) is 0 Å². The topological polar surface area (TPSA) is 12.4 Å². The standard InChI is InChI=1S/C15H14ClN/c1-12(14-8-5-9-15(16)10-14)17-11-13-6-3-2-4-7-13/h2-10H,11H2,1H3. The summed E-state index contributed by atoms with van der Waals surface area (Å²) in [5.74, 6) is 0. The fourth-order valence-electron chi connectivity index (χ4n) is 1.60. The zero-order valence-corrected chi connectivity index (χ0v) is 10.5. The summed E-state index contributed by atoms with van der Waals surface area (Å²) in [5.41, 5.74) is 3.30. The molecule has 0 aliphatic rings. The molecule has 0 N–H and O–H groups in total. The second kappa shape index (κ2) is 5.65. The van der Waals surface area contributed by atoms with Crippen LogP contribution in [0.5, 0.6) is 0 Å². The first-order chi connectivity index (χ1) is 8.25. The smallest absolute Gasteiger partial charge is 0.0643 e. The molecule has 2 rings (SSSR count). The van der Waals surface area contributed by atoms with Gasteiger partial charge in [0.25, 0.3) is 0 Å². The summed E-state index contributed by atoms with van der Waals surface area (Å²) in [6.45, 7) is 2.72. The fraction of sp³-hybridized carbons (Fsp3) is 0.133. The van der Waals surface area contributed by atoms with E-state index in [0.717, 1.165) is 16.3 Å². The first kappa shape index (κ1) is 11.9. The summed E-state index contributed by atoms with van der Waals surface area (Å²) in [6, 6.07) is 18.0. The Morgan fingerprint density at radius 1 is 1.06 bits per heavy atom. The number of hydrogen-bond donors (Lipinski definition) is 0. The van der Waals surface area contributed by atoms with E-state index in [1.54, 1.807) is 0 Å². The molecule has 0 unspecified atom stereocenters. The highest BCUT2D eigenvalue weighted by molar-refractivity contribution is 6.31. The van der Waals surface area contributed by atoms with Crippen molar-refractivity contribution in [2.24, 2.45) is 4.99 Å². The van der Waals surface area contributed by atoms with Crippen LogP contribution in [0.4, 0.5) is 0 Å². The van der Waals surface area contributed by atoms with E-state index in [0.29, 0.717) is 6.54 Å². The van der Waals surface area contributed by atoms with Crippen molar-refractivity contribution < 1.29 is 0 Å². The Morgan fingerprint density at radius 3 is 2.53 bits per heavy atom. The van der Waals surface area contributed by atoms with Crippen LogP contribution >= 0.6 is 11.6 Å². The van der Waals surface area contributed by atoms with Gasteiger partial charge in [-0.15, -0.1) is 0 Å². The van der Waals surface area contributed by atoms with E-state index >= 15 is 0 Å². The molecule has 0 amide bonds. The molecule has 0 atom stereocenters. The van der Waals surface area contributed by atoms with Gasteiger partial charge >= 0.3 is 0 Å². The molecule has 0 saturated heterocycles. The van der Waals surface area contributed by atoms with E-state index in [2.05, 4.69) is 17.1 Å². The van der Waals surface area contributed by atoms with Gasteiger partial charge in [0.05, 0.1) is 6.54 Å². The minimum absolute atomic E-state index is 0.708. The first-order valence-corrected chi connectivity index (χ1v) is 5.94. The second-order valence-electron chi connectivity index (χ2n) is 3.90. The van der Waals surface area contributed by atoms with Gasteiger partial charge in [-0.3, -0.25) is 4.99 Å². The molecular formula is C15H14ClN. The SMILES string of the molecule is CC(=NCc1ccccc1)c1cccc(Cl)c1. The van der Waals surface area contributed by atoms with Crippen LogP contribution in [-0.2, 0) is 6.54 Å². The monoisotopic (exact) mass is 243 g/mol. The van der Waals surface area contributed by atoms with Gasteiger partial charge < -0.3 is 0 Å². The summed E-state index contributed by atoms with van der Waals surface area (Å²) in [5, 5.41) is 0.747. The average molecular weight is 244 g/mol. The summed E-state index contributed by atoms with van der Waals surface area (Å²) in [7, 11) is 0. The Labute approximate surface area is 107 Å². The van der Waals surface area contributed by atoms with E-state index in [1.807, 2.05) is 49.4 Å². The number of rotatable bonds is 3. The van der Waals surface area contributed by atoms with Crippen LogP contribution in [0.3, 0.4) is 0 Å². The lowest BCUT2D eigenvalue weighted by atomic mass is 10.1. The van der Waals surface area contributed by atoms with Crippen molar-refractivity contribution >= 4 is 17.3 Å². The van der Waals surface area contributed by atoms with E-state index in [9.17, 15) is 0 Å². The highest BCUT2D eigenvalue weighted by Crippen LogP contribution is 2.12. The maximum absolute atomic E-state index is 5.95. The van der Waals surface area contributed by atoms with Crippen LogP contribution in [0.1, 0.15) is 18.1 Å². The molecule has 0 saturated carbocycles. The number of nitrogens with zero attached hydrogens (tertiary/aromatic N) is 1. The number of hydrogen-bond acceptors (Lipinski definition) is 1. The van der Waals surface area contributed by atoms with Crippen LogP contribution in [0, 0.1) is 0 Å². The van der Waals surface area contributed by atoms with Crippen molar-refractivity contribution in [3.8, 4) is 0 Å². The quantitative estimate of drug-likeness (QED) is 0.711. The van der Waals surface area contributed by atoms with Crippen LogP contribution in [0.15, 0.2) is 59.6 Å². The highest BCUT2D eigenvalue weighted by atomic mass is 35.5. The molecule has 0 spiro atoms. The summed E-state index contributed by atoms with van der Waals surface area (Å²) < 4.78 is 0. The minimum atomic E-state index is 0.708. The lowest BCUT2D eigenvalue weighted by Crippen LogP contribution is -1.95. The van der Waals surface area contributed by atoms with Gasteiger partial charge in [0.1, 0.15) is 0 Å². The van der Waals surface area contributed by atoms with Crippen molar-refractivity contribution in [3.63, 3.8) is 0 Å². The number of benzene rings is 2. The van der Waals surface area contributed by atoms with E-state index in [1.165, 1.54) is 5.56 Å². The molecule has 17 heavy (non-hydrogen) atoms. The van der Waals surface area contributed by atoms with E-state index in [4.69, 9.17) is 11.6 Å². The van der Waals surface area contributed by atoms with Gasteiger partial charge in [0.15, 0.2) is 0 Å². The van der Waals surface area contributed by atoms with Crippen molar-refractivity contribution in [1.82, 2.24) is 0 Å². The Hall–Kier alpha value is -1.60. The van der Waals surface area contributed by atoms with Gasteiger partial charge in [-0.05, 0) is 30.2 Å². The van der Waals surface area contributed by atoms with Crippen molar-refractivity contribution in [2.75, 3.05) is 0 Å². The molecule has 0 aliphatic carbocycles. The Morgan fingerprint density at radius 2 is 1.82 bits per heavy atom. The minimum Gasteiger partial charge on any atom is -0.285 e. The summed E-state index contributed by atoms with van der Waals surface area (Å²) in [4.78, 5) is 4.56. The molecule has 0 radical (unpaired) electrons. The predicted octanol–water partition coefficient (Wildman–Crippen LogP) is 4.35. The Bertz CT molecular complexity index is 517. The zero-order chi connectivity index (χ0) is 12.1. The van der Waals surface area contributed by atoms with Crippen molar-refractivity contribution in [3.05, 3.63) is 70.7 Å². The molecule has 0 fully saturated rings. The third kappa shape index (κ3) is 3.43. The average Bonchev–Trinajstić information content (AvgIpc) is 2.37.